The Hall–Kier alpha value is -1.61. The Morgan fingerprint density at radius 2 is 2.00 bits per heavy atom. The van der Waals surface area contributed by atoms with Gasteiger partial charge in [0.2, 0.25) is 0 Å². The van der Waals surface area contributed by atoms with Gasteiger partial charge in [0, 0.05) is 16.3 Å². The van der Waals surface area contributed by atoms with E-state index in [9.17, 15) is 4.79 Å². The summed E-state index contributed by atoms with van der Waals surface area (Å²) in [7, 11) is 0. The van der Waals surface area contributed by atoms with E-state index in [0.717, 1.165) is 20.9 Å². The summed E-state index contributed by atoms with van der Waals surface area (Å²) in [5.74, 6) is 0.0171. The first-order chi connectivity index (χ1) is 8.22. The highest BCUT2D eigenvalue weighted by Gasteiger charge is 2.12. The zero-order valence-electron chi connectivity index (χ0n) is 9.99. The third kappa shape index (κ3) is 2.56. The highest BCUT2D eigenvalue weighted by molar-refractivity contribution is 7.15. The molecule has 2 rings (SSSR count). The molecule has 1 heterocycles. The van der Waals surface area contributed by atoms with Crippen LogP contribution in [-0.4, -0.2) is 12.5 Å². The molecular formula is C14H15NOS. The van der Waals surface area contributed by atoms with E-state index in [0.29, 0.717) is 6.54 Å². The van der Waals surface area contributed by atoms with Crippen LogP contribution in [0.25, 0.3) is 10.4 Å². The van der Waals surface area contributed by atoms with Gasteiger partial charge in [-0.05, 0) is 25.5 Å². The smallest absolute Gasteiger partial charge is 0.252 e. The second kappa shape index (κ2) is 5.15. The van der Waals surface area contributed by atoms with Crippen molar-refractivity contribution in [1.29, 1.82) is 0 Å². The minimum absolute atomic E-state index is 0.0171. The summed E-state index contributed by atoms with van der Waals surface area (Å²) < 4.78 is 0. The fourth-order valence-corrected chi connectivity index (χ4v) is 2.73. The van der Waals surface area contributed by atoms with E-state index in [1.54, 1.807) is 11.3 Å². The maximum absolute atomic E-state index is 11.8. The SMILES string of the molecule is CCNC(=O)c1cc(-c2ccccc2)sc1C. The fraction of sp³-hybridized carbons (Fsp3) is 0.214. The monoisotopic (exact) mass is 245 g/mol. The molecular weight excluding hydrogens is 230 g/mol. The van der Waals surface area contributed by atoms with Gasteiger partial charge in [0.15, 0.2) is 0 Å². The fourth-order valence-electron chi connectivity index (χ4n) is 1.71. The molecule has 0 saturated carbocycles. The first-order valence-electron chi connectivity index (χ1n) is 5.66. The maximum atomic E-state index is 11.8. The largest absolute Gasteiger partial charge is 0.352 e. The van der Waals surface area contributed by atoms with E-state index in [1.807, 2.05) is 38.1 Å². The summed E-state index contributed by atoms with van der Waals surface area (Å²) in [6.45, 7) is 4.58. The number of benzene rings is 1. The third-order valence-electron chi connectivity index (χ3n) is 2.56. The lowest BCUT2D eigenvalue weighted by Gasteiger charge is -1.99. The standard InChI is InChI=1S/C14H15NOS/c1-3-15-14(16)12-9-13(17-10(12)2)11-7-5-4-6-8-11/h4-9H,3H2,1-2H3,(H,15,16). The number of amides is 1. The molecule has 17 heavy (non-hydrogen) atoms. The molecule has 0 unspecified atom stereocenters. The van der Waals surface area contributed by atoms with Gasteiger partial charge in [0.25, 0.3) is 5.91 Å². The molecule has 0 spiro atoms. The van der Waals surface area contributed by atoms with Gasteiger partial charge in [0.05, 0.1) is 5.56 Å². The van der Waals surface area contributed by atoms with E-state index in [1.165, 1.54) is 0 Å². The first kappa shape index (κ1) is 11.9. The summed E-state index contributed by atoms with van der Waals surface area (Å²) >= 11 is 1.66. The van der Waals surface area contributed by atoms with Crippen LogP contribution in [0.4, 0.5) is 0 Å². The van der Waals surface area contributed by atoms with Crippen molar-refractivity contribution in [2.45, 2.75) is 13.8 Å². The maximum Gasteiger partial charge on any atom is 0.252 e. The van der Waals surface area contributed by atoms with Crippen LogP contribution < -0.4 is 5.32 Å². The van der Waals surface area contributed by atoms with Crippen LogP contribution in [0.2, 0.25) is 0 Å². The number of aryl methyl sites for hydroxylation is 1. The van der Waals surface area contributed by atoms with Gasteiger partial charge in [-0.1, -0.05) is 30.3 Å². The number of hydrogen-bond acceptors (Lipinski definition) is 2. The quantitative estimate of drug-likeness (QED) is 0.881. The molecule has 0 aliphatic rings. The van der Waals surface area contributed by atoms with Crippen LogP contribution in [0.5, 0.6) is 0 Å². The molecule has 0 radical (unpaired) electrons. The van der Waals surface area contributed by atoms with Crippen LogP contribution >= 0.6 is 11.3 Å². The Morgan fingerprint density at radius 3 is 2.65 bits per heavy atom. The van der Waals surface area contributed by atoms with Crippen LogP contribution in [0.1, 0.15) is 22.2 Å². The van der Waals surface area contributed by atoms with Crippen molar-refractivity contribution < 1.29 is 4.79 Å². The Balaban J connectivity index is 2.34. The number of nitrogens with one attached hydrogen (secondary N) is 1. The van der Waals surface area contributed by atoms with Gasteiger partial charge in [-0.25, -0.2) is 0 Å². The molecule has 0 atom stereocenters. The Morgan fingerprint density at radius 1 is 1.29 bits per heavy atom. The van der Waals surface area contributed by atoms with Crippen molar-refractivity contribution in [2.24, 2.45) is 0 Å². The van der Waals surface area contributed by atoms with Crippen molar-refractivity contribution in [3.63, 3.8) is 0 Å². The Labute approximate surface area is 105 Å². The Bertz CT molecular complexity index is 516. The third-order valence-corrected chi connectivity index (χ3v) is 3.66. The summed E-state index contributed by atoms with van der Waals surface area (Å²) in [5.41, 5.74) is 1.95. The van der Waals surface area contributed by atoms with E-state index in [4.69, 9.17) is 0 Å². The van der Waals surface area contributed by atoms with Crippen LogP contribution in [0.15, 0.2) is 36.4 Å². The van der Waals surface area contributed by atoms with Crippen molar-refractivity contribution in [3.05, 3.63) is 46.8 Å². The van der Waals surface area contributed by atoms with Crippen molar-refractivity contribution in [2.75, 3.05) is 6.54 Å². The van der Waals surface area contributed by atoms with E-state index in [2.05, 4.69) is 17.4 Å². The zero-order chi connectivity index (χ0) is 12.3. The second-order valence-corrected chi connectivity index (χ2v) is 5.06. The first-order valence-corrected chi connectivity index (χ1v) is 6.48. The van der Waals surface area contributed by atoms with E-state index in [-0.39, 0.29) is 5.91 Å². The highest BCUT2D eigenvalue weighted by Crippen LogP contribution is 2.30. The van der Waals surface area contributed by atoms with Crippen molar-refractivity contribution in [1.82, 2.24) is 5.32 Å². The lowest BCUT2D eigenvalue weighted by Crippen LogP contribution is -2.22. The number of rotatable bonds is 3. The normalized spacial score (nSPS) is 10.2. The second-order valence-electron chi connectivity index (χ2n) is 3.81. The van der Waals surface area contributed by atoms with Gasteiger partial charge in [-0.3, -0.25) is 4.79 Å². The molecule has 0 aliphatic carbocycles. The Kier molecular flexibility index (Phi) is 3.59. The number of carbonyl (C=O) groups excluding carboxylic acids is 1. The number of hydrogen-bond donors (Lipinski definition) is 1. The van der Waals surface area contributed by atoms with Gasteiger partial charge in [-0.2, -0.15) is 0 Å². The molecule has 2 nitrogen and oxygen atoms in total. The molecule has 1 amide bonds. The topological polar surface area (TPSA) is 29.1 Å². The van der Waals surface area contributed by atoms with Crippen LogP contribution in [0.3, 0.4) is 0 Å². The summed E-state index contributed by atoms with van der Waals surface area (Å²) in [6, 6.07) is 12.1. The lowest BCUT2D eigenvalue weighted by atomic mass is 10.1. The van der Waals surface area contributed by atoms with Gasteiger partial charge < -0.3 is 5.32 Å². The van der Waals surface area contributed by atoms with E-state index >= 15 is 0 Å². The molecule has 0 saturated heterocycles. The molecule has 0 aliphatic heterocycles. The van der Waals surface area contributed by atoms with Crippen LogP contribution in [-0.2, 0) is 0 Å². The minimum Gasteiger partial charge on any atom is -0.352 e. The van der Waals surface area contributed by atoms with Gasteiger partial charge in [-0.15, -0.1) is 11.3 Å². The summed E-state index contributed by atoms with van der Waals surface area (Å²) in [4.78, 5) is 14.0. The lowest BCUT2D eigenvalue weighted by molar-refractivity contribution is 0.0956. The van der Waals surface area contributed by atoms with Crippen LogP contribution in [0, 0.1) is 6.92 Å². The number of thiophene rings is 1. The van der Waals surface area contributed by atoms with Crippen molar-refractivity contribution >= 4 is 17.2 Å². The van der Waals surface area contributed by atoms with E-state index < -0.39 is 0 Å². The molecule has 3 heteroatoms. The molecule has 2 aromatic rings. The number of carbonyl (C=O) groups is 1. The molecule has 1 aromatic carbocycles. The molecule has 1 aromatic heterocycles. The average molecular weight is 245 g/mol. The molecule has 88 valence electrons. The highest BCUT2D eigenvalue weighted by atomic mass is 32.1. The molecule has 0 fully saturated rings. The zero-order valence-corrected chi connectivity index (χ0v) is 10.8. The predicted octanol–water partition coefficient (Wildman–Crippen LogP) is 3.47. The van der Waals surface area contributed by atoms with Gasteiger partial charge >= 0.3 is 0 Å². The minimum atomic E-state index is 0.0171. The summed E-state index contributed by atoms with van der Waals surface area (Å²) in [6.07, 6.45) is 0. The predicted molar refractivity (Wildman–Crippen MR) is 72.5 cm³/mol. The summed E-state index contributed by atoms with van der Waals surface area (Å²) in [5, 5.41) is 2.84. The van der Waals surface area contributed by atoms with Gasteiger partial charge in [0.1, 0.15) is 0 Å². The molecule has 1 N–H and O–H groups in total. The van der Waals surface area contributed by atoms with Crippen molar-refractivity contribution in [3.8, 4) is 10.4 Å². The average Bonchev–Trinajstić information content (AvgIpc) is 2.73. The molecule has 0 bridgehead atoms.